The number of carbonyl (C=O) groups excluding carboxylic acids is 2. The molecule has 1 aliphatic heterocycles. The molecule has 140 valence electrons. The SMILES string of the molecule is CCCC(CN1C[C@H](C(=O)NN)C[C@@H]1C(=O)O)C(C)NC(C)=O.Cl. The summed E-state index contributed by atoms with van der Waals surface area (Å²) < 4.78 is 0. The van der Waals surface area contributed by atoms with Gasteiger partial charge < -0.3 is 10.4 Å². The molecule has 9 heteroatoms. The lowest BCUT2D eigenvalue weighted by Crippen LogP contribution is -2.45. The van der Waals surface area contributed by atoms with E-state index >= 15 is 0 Å². The molecule has 24 heavy (non-hydrogen) atoms. The maximum absolute atomic E-state index is 11.7. The summed E-state index contributed by atoms with van der Waals surface area (Å²) in [7, 11) is 0. The number of aliphatic carboxylic acids is 1. The van der Waals surface area contributed by atoms with Crippen LogP contribution >= 0.6 is 12.4 Å². The van der Waals surface area contributed by atoms with Crippen molar-refractivity contribution in [3.05, 3.63) is 0 Å². The highest BCUT2D eigenvalue weighted by Crippen LogP contribution is 2.26. The smallest absolute Gasteiger partial charge is 0.320 e. The zero-order valence-corrected chi connectivity index (χ0v) is 15.3. The Morgan fingerprint density at radius 3 is 2.46 bits per heavy atom. The van der Waals surface area contributed by atoms with E-state index < -0.39 is 17.9 Å². The standard InChI is InChI=1S/C15H28N4O4.ClH/c1-4-5-11(9(2)17-10(3)20)7-19-8-12(14(21)18-16)6-13(19)15(22)23;/h9,11-13H,4-8,16H2,1-3H3,(H,17,20)(H,18,21)(H,22,23);1H/t9?,11?,12-,13-;/m1./s1. The van der Waals surface area contributed by atoms with E-state index in [0.29, 0.717) is 13.1 Å². The van der Waals surface area contributed by atoms with Crippen molar-refractivity contribution in [1.29, 1.82) is 0 Å². The van der Waals surface area contributed by atoms with Crippen LogP contribution in [0.4, 0.5) is 0 Å². The molecule has 5 N–H and O–H groups in total. The van der Waals surface area contributed by atoms with Gasteiger partial charge in [-0.15, -0.1) is 12.4 Å². The predicted molar refractivity (Wildman–Crippen MR) is 92.4 cm³/mol. The predicted octanol–water partition coefficient (Wildman–Crippen LogP) is 0.114. The maximum atomic E-state index is 11.7. The van der Waals surface area contributed by atoms with Crippen molar-refractivity contribution in [1.82, 2.24) is 15.6 Å². The Morgan fingerprint density at radius 1 is 1.38 bits per heavy atom. The summed E-state index contributed by atoms with van der Waals surface area (Å²) in [5, 5.41) is 12.3. The maximum Gasteiger partial charge on any atom is 0.320 e. The van der Waals surface area contributed by atoms with Crippen LogP contribution in [0.1, 0.15) is 40.0 Å². The van der Waals surface area contributed by atoms with Gasteiger partial charge in [-0.05, 0) is 25.7 Å². The van der Waals surface area contributed by atoms with Crippen molar-refractivity contribution in [2.24, 2.45) is 17.7 Å². The van der Waals surface area contributed by atoms with Crippen LogP contribution in [0.2, 0.25) is 0 Å². The van der Waals surface area contributed by atoms with E-state index in [9.17, 15) is 19.5 Å². The van der Waals surface area contributed by atoms with Crippen LogP contribution in [0.5, 0.6) is 0 Å². The molecule has 0 aromatic carbocycles. The fourth-order valence-electron chi connectivity index (χ4n) is 3.28. The minimum absolute atomic E-state index is 0. The van der Waals surface area contributed by atoms with Crippen LogP contribution in [0.15, 0.2) is 0 Å². The zero-order chi connectivity index (χ0) is 17.6. The molecule has 4 atom stereocenters. The van der Waals surface area contributed by atoms with Crippen molar-refractivity contribution in [3.8, 4) is 0 Å². The Kier molecular flexibility index (Phi) is 9.88. The lowest BCUT2D eigenvalue weighted by atomic mass is 9.95. The molecule has 0 spiro atoms. The molecule has 1 rings (SSSR count). The number of nitrogens with zero attached hydrogens (tertiary/aromatic N) is 1. The number of nitrogens with one attached hydrogen (secondary N) is 2. The lowest BCUT2D eigenvalue weighted by Gasteiger charge is -2.30. The van der Waals surface area contributed by atoms with Crippen molar-refractivity contribution >= 4 is 30.2 Å². The normalized spacial score (nSPS) is 23.0. The van der Waals surface area contributed by atoms with Crippen LogP contribution in [0.3, 0.4) is 0 Å². The summed E-state index contributed by atoms with van der Waals surface area (Å²) in [4.78, 5) is 36.3. The quantitative estimate of drug-likeness (QED) is 0.275. The summed E-state index contributed by atoms with van der Waals surface area (Å²) in [5.41, 5.74) is 2.10. The van der Waals surface area contributed by atoms with E-state index in [1.807, 2.05) is 11.8 Å². The Labute approximate surface area is 148 Å². The highest BCUT2D eigenvalue weighted by molar-refractivity contribution is 5.85. The van der Waals surface area contributed by atoms with Gasteiger partial charge in [-0.25, -0.2) is 5.84 Å². The summed E-state index contributed by atoms with van der Waals surface area (Å²) >= 11 is 0. The molecule has 0 aliphatic carbocycles. The molecule has 1 heterocycles. The molecule has 2 unspecified atom stereocenters. The molecule has 0 aromatic rings. The number of hydrazine groups is 1. The average molecular weight is 365 g/mol. The third kappa shape index (κ3) is 6.26. The number of halogens is 1. The molecule has 1 fully saturated rings. The minimum atomic E-state index is -0.931. The highest BCUT2D eigenvalue weighted by Gasteiger charge is 2.41. The van der Waals surface area contributed by atoms with Gasteiger partial charge in [0.05, 0.1) is 5.92 Å². The molecule has 0 bridgehead atoms. The zero-order valence-electron chi connectivity index (χ0n) is 14.4. The van der Waals surface area contributed by atoms with Crippen LogP contribution in [0.25, 0.3) is 0 Å². The second-order valence-corrected chi connectivity index (χ2v) is 6.29. The van der Waals surface area contributed by atoms with E-state index in [1.54, 1.807) is 0 Å². The Morgan fingerprint density at radius 2 is 2.00 bits per heavy atom. The number of nitrogens with two attached hydrogens (primary N) is 1. The number of carboxylic acid groups (broad SMARTS) is 1. The lowest BCUT2D eigenvalue weighted by molar-refractivity contribution is -0.142. The van der Waals surface area contributed by atoms with Crippen molar-refractivity contribution in [2.75, 3.05) is 13.1 Å². The van der Waals surface area contributed by atoms with Crippen LogP contribution in [0, 0.1) is 11.8 Å². The fraction of sp³-hybridized carbons (Fsp3) is 0.800. The van der Waals surface area contributed by atoms with E-state index in [0.717, 1.165) is 12.8 Å². The number of hydrogen-bond acceptors (Lipinski definition) is 5. The first-order chi connectivity index (χ1) is 10.8. The number of rotatable bonds is 8. The first-order valence-electron chi connectivity index (χ1n) is 8.04. The number of carbonyl (C=O) groups is 3. The second kappa shape index (κ2) is 10.5. The molecule has 1 saturated heterocycles. The molecule has 8 nitrogen and oxygen atoms in total. The summed E-state index contributed by atoms with van der Waals surface area (Å²) in [6.45, 7) is 6.35. The van der Waals surface area contributed by atoms with Gasteiger partial charge in [-0.1, -0.05) is 13.3 Å². The number of hydrogen-bond donors (Lipinski definition) is 4. The van der Waals surface area contributed by atoms with Gasteiger partial charge in [0.1, 0.15) is 6.04 Å². The summed E-state index contributed by atoms with van der Waals surface area (Å²) in [6.07, 6.45) is 2.07. The van der Waals surface area contributed by atoms with Gasteiger partial charge >= 0.3 is 5.97 Å². The molecule has 0 aromatic heterocycles. The van der Waals surface area contributed by atoms with Gasteiger partial charge in [0.15, 0.2) is 0 Å². The minimum Gasteiger partial charge on any atom is -0.480 e. The highest BCUT2D eigenvalue weighted by atomic mass is 35.5. The van der Waals surface area contributed by atoms with Gasteiger partial charge in [0.2, 0.25) is 11.8 Å². The van der Waals surface area contributed by atoms with E-state index in [-0.39, 0.29) is 42.6 Å². The van der Waals surface area contributed by atoms with Gasteiger partial charge in [0, 0.05) is 26.1 Å². The molecule has 2 amide bonds. The van der Waals surface area contributed by atoms with Crippen LogP contribution in [-0.4, -0.2) is 53.0 Å². The largest absolute Gasteiger partial charge is 0.480 e. The molecule has 1 aliphatic rings. The van der Waals surface area contributed by atoms with Crippen molar-refractivity contribution in [3.63, 3.8) is 0 Å². The second-order valence-electron chi connectivity index (χ2n) is 6.29. The molecule has 0 radical (unpaired) electrons. The Bertz CT molecular complexity index is 449. The average Bonchev–Trinajstić information content (AvgIpc) is 2.89. The van der Waals surface area contributed by atoms with Crippen LogP contribution in [-0.2, 0) is 14.4 Å². The summed E-state index contributed by atoms with van der Waals surface area (Å²) in [5.74, 6) is 3.51. The molecular formula is C15H29ClN4O4. The van der Waals surface area contributed by atoms with Gasteiger partial charge in [-0.3, -0.25) is 24.7 Å². The molecular weight excluding hydrogens is 336 g/mol. The monoisotopic (exact) mass is 364 g/mol. The summed E-state index contributed by atoms with van der Waals surface area (Å²) in [6, 6.07) is -0.745. The van der Waals surface area contributed by atoms with Crippen molar-refractivity contribution in [2.45, 2.75) is 52.1 Å². The Balaban J connectivity index is 0.00000529. The van der Waals surface area contributed by atoms with E-state index in [2.05, 4.69) is 17.7 Å². The number of amides is 2. The number of likely N-dealkylation sites (tertiary alicyclic amines) is 1. The number of carboxylic acids is 1. The van der Waals surface area contributed by atoms with Gasteiger partial charge in [0.25, 0.3) is 0 Å². The topological polar surface area (TPSA) is 125 Å². The third-order valence-corrected chi connectivity index (χ3v) is 4.47. The van der Waals surface area contributed by atoms with Crippen LogP contribution < -0.4 is 16.6 Å². The first-order valence-corrected chi connectivity index (χ1v) is 8.04. The van der Waals surface area contributed by atoms with E-state index in [1.165, 1.54) is 6.92 Å². The molecule has 0 saturated carbocycles. The fourth-order valence-corrected chi connectivity index (χ4v) is 3.28. The van der Waals surface area contributed by atoms with Gasteiger partial charge in [-0.2, -0.15) is 0 Å². The van der Waals surface area contributed by atoms with E-state index in [4.69, 9.17) is 5.84 Å². The first kappa shape index (κ1) is 22.6. The van der Waals surface area contributed by atoms with Crippen molar-refractivity contribution < 1.29 is 19.5 Å². The Hall–Kier alpha value is -1.38. The third-order valence-electron chi connectivity index (χ3n) is 4.47.